The van der Waals surface area contributed by atoms with Crippen molar-refractivity contribution in [2.24, 2.45) is 0 Å². The molecule has 0 atom stereocenters. The SMILES string of the molecule is CS(=O)(=O)N1CCc2cc(C(=O)N3CCN(C(=O)c4ccc(C(F)(F)F)cc4)CC3)ccc21. The van der Waals surface area contributed by atoms with Crippen LogP contribution in [0.5, 0.6) is 0 Å². The number of benzene rings is 2. The molecule has 4 rings (SSSR count). The Morgan fingerprint density at radius 3 is 1.85 bits per heavy atom. The maximum absolute atomic E-state index is 12.9. The molecule has 11 heteroatoms. The lowest BCUT2D eigenvalue weighted by molar-refractivity contribution is -0.137. The zero-order valence-electron chi connectivity index (χ0n) is 17.8. The van der Waals surface area contributed by atoms with Crippen molar-refractivity contribution in [3.63, 3.8) is 0 Å². The third-order valence-corrected chi connectivity index (χ3v) is 7.07. The van der Waals surface area contributed by atoms with Crippen LogP contribution >= 0.6 is 0 Å². The molecule has 33 heavy (non-hydrogen) atoms. The Morgan fingerprint density at radius 2 is 1.33 bits per heavy atom. The van der Waals surface area contributed by atoms with Gasteiger partial charge in [0.25, 0.3) is 11.8 Å². The van der Waals surface area contributed by atoms with Crippen LogP contribution in [0.4, 0.5) is 18.9 Å². The molecule has 0 radical (unpaired) electrons. The molecule has 0 aromatic heterocycles. The number of nitrogens with zero attached hydrogens (tertiary/aromatic N) is 3. The second kappa shape index (κ2) is 8.36. The third-order valence-electron chi connectivity index (χ3n) is 5.89. The monoisotopic (exact) mass is 481 g/mol. The summed E-state index contributed by atoms with van der Waals surface area (Å²) in [6, 6.07) is 9.03. The van der Waals surface area contributed by atoms with E-state index in [4.69, 9.17) is 0 Å². The molecule has 0 unspecified atom stereocenters. The Morgan fingerprint density at radius 1 is 0.818 bits per heavy atom. The van der Waals surface area contributed by atoms with Gasteiger partial charge < -0.3 is 9.80 Å². The Balaban J connectivity index is 1.39. The van der Waals surface area contributed by atoms with Crippen LogP contribution in [-0.2, 0) is 22.6 Å². The summed E-state index contributed by atoms with van der Waals surface area (Å²) in [6.07, 6.45) is -2.79. The van der Waals surface area contributed by atoms with Crippen molar-refractivity contribution in [2.45, 2.75) is 12.6 Å². The molecule has 2 aromatic rings. The van der Waals surface area contributed by atoms with Gasteiger partial charge in [-0.05, 0) is 54.4 Å². The van der Waals surface area contributed by atoms with E-state index < -0.39 is 21.8 Å². The highest BCUT2D eigenvalue weighted by Gasteiger charge is 2.32. The first kappa shape index (κ1) is 23.1. The second-order valence-electron chi connectivity index (χ2n) is 8.09. The van der Waals surface area contributed by atoms with Crippen LogP contribution in [0, 0.1) is 0 Å². The van der Waals surface area contributed by atoms with E-state index in [1.807, 2.05) is 0 Å². The number of amides is 2. The van der Waals surface area contributed by atoms with Gasteiger partial charge in [-0.2, -0.15) is 13.2 Å². The lowest BCUT2D eigenvalue weighted by atomic mass is 10.1. The molecule has 2 amide bonds. The molecule has 0 spiro atoms. The summed E-state index contributed by atoms with van der Waals surface area (Å²) in [5, 5.41) is 0. The van der Waals surface area contributed by atoms with Gasteiger partial charge in [-0.1, -0.05) is 0 Å². The molecule has 0 aliphatic carbocycles. The van der Waals surface area contributed by atoms with Crippen LogP contribution < -0.4 is 4.31 Å². The number of hydrogen-bond acceptors (Lipinski definition) is 4. The second-order valence-corrected chi connectivity index (χ2v) is 9.99. The van der Waals surface area contributed by atoms with Crippen molar-refractivity contribution in [1.29, 1.82) is 0 Å². The number of sulfonamides is 1. The fourth-order valence-corrected chi connectivity index (χ4v) is 5.09. The van der Waals surface area contributed by atoms with E-state index in [9.17, 15) is 31.2 Å². The fourth-order valence-electron chi connectivity index (χ4n) is 4.13. The van der Waals surface area contributed by atoms with Gasteiger partial charge in [0.2, 0.25) is 10.0 Å². The van der Waals surface area contributed by atoms with Gasteiger partial charge in [0.05, 0.1) is 17.5 Å². The number of fused-ring (bicyclic) bond motifs is 1. The van der Waals surface area contributed by atoms with Crippen LogP contribution in [0.15, 0.2) is 42.5 Å². The van der Waals surface area contributed by atoms with Crippen molar-refractivity contribution in [2.75, 3.05) is 43.3 Å². The van der Waals surface area contributed by atoms with Gasteiger partial charge in [-0.3, -0.25) is 13.9 Å². The van der Waals surface area contributed by atoms with Crippen molar-refractivity contribution in [3.8, 4) is 0 Å². The Kier molecular flexibility index (Phi) is 5.85. The van der Waals surface area contributed by atoms with Gasteiger partial charge >= 0.3 is 6.18 Å². The average molecular weight is 481 g/mol. The molecule has 1 saturated heterocycles. The van der Waals surface area contributed by atoms with Gasteiger partial charge in [-0.15, -0.1) is 0 Å². The normalized spacial score (nSPS) is 16.7. The van der Waals surface area contributed by atoms with E-state index >= 15 is 0 Å². The topological polar surface area (TPSA) is 78.0 Å². The Bertz CT molecular complexity index is 1190. The van der Waals surface area contributed by atoms with E-state index in [1.54, 1.807) is 23.1 Å². The van der Waals surface area contributed by atoms with E-state index in [0.717, 1.165) is 36.1 Å². The molecule has 176 valence electrons. The number of carbonyl (C=O) groups is 2. The van der Waals surface area contributed by atoms with E-state index in [0.29, 0.717) is 24.2 Å². The minimum atomic E-state index is -4.46. The highest BCUT2D eigenvalue weighted by Crippen LogP contribution is 2.31. The number of anilines is 1. The molecule has 0 saturated carbocycles. The molecule has 7 nitrogen and oxygen atoms in total. The van der Waals surface area contributed by atoms with Crippen molar-refractivity contribution >= 4 is 27.5 Å². The fraction of sp³-hybridized carbons (Fsp3) is 0.364. The van der Waals surface area contributed by atoms with Crippen molar-refractivity contribution in [1.82, 2.24) is 9.80 Å². The lowest BCUT2D eigenvalue weighted by Crippen LogP contribution is -2.50. The van der Waals surface area contributed by atoms with E-state index in [2.05, 4.69) is 0 Å². The molecular formula is C22H22F3N3O4S. The summed E-state index contributed by atoms with van der Waals surface area (Å²) in [4.78, 5) is 28.7. The maximum atomic E-state index is 12.9. The number of rotatable bonds is 3. The van der Waals surface area contributed by atoms with Crippen LogP contribution in [0.1, 0.15) is 31.8 Å². The minimum Gasteiger partial charge on any atom is -0.335 e. The Hall–Kier alpha value is -3.08. The first-order chi connectivity index (χ1) is 15.4. The number of piperazine rings is 1. The first-order valence-electron chi connectivity index (χ1n) is 10.3. The maximum Gasteiger partial charge on any atom is 0.416 e. The molecule has 2 aliphatic heterocycles. The number of alkyl halides is 3. The van der Waals surface area contributed by atoms with Crippen LogP contribution in [0.3, 0.4) is 0 Å². The predicted molar refractivity (Wildman–Crippen MR) is 116 cm³/mol. The summed E-state index contributed by atoms with van der Waals surface area (Å²) in [5.74, 6) is -0.591. The first-order valence-corrected chi connectivity index (χ1v) is 12.2. The lowest BCUT2D eigenvalue weighted by Gasteiger charge is -2.35. The zero-order valence-corrected chi connectivity index (χ0v) is 18.6. The van der Waals surface area contributed by atoms with Gasteiger partial charge in [0.1, 0.15) is 0 Å². The summed E-state index contributed by atoms with van der Waals surface area (Å²) < 4.78 is 63.2. The molecular weight excluding hydrogens is 459 g/mol. The predicted octanol–water partition coefficient (Wildman–Crippen LogP) is 2.63. The smallest absolute Gasteiger partial charge is 0.335 e. The van der Waals surface area contributed by atoms with Crippen molar-refractivity contribution < 1.29 is 31.2 Å². The molecule has 0 N–H and O–H groups in total. The summed E-state index contributed by atoms with van der Waals surface area (Å²) >= 11 is 0. The van der Waals surface area contributed by atoms with Gasteiger partial charge in [-0.25, -0.2) is 8.42 Å². The molecule has 1 fully saturated rings. The van der Waals surface area contributed by atoms with E-state index in [1.165, 1.54) is 9.21 Å². The summed E-state index contributed by atoms with van der Waals surface area (Å²) in [7, 11) is -3.37. The van der Waals surface area contributed by atoms with E-state index in [-0.39, 0.29) is 43.6 Å². The number of carbonyl (C=O) groups excluding carboxylic acids is 2. The van der Waals surface area contributed by atoms with Gasteiger partial charge in [0, 0.05) is 43.9 Å². The third kappa shape index (κ3) is 4.68. The molecule has 2 heterocycles. The van der Waals surface area contributed by atoms with Gasteiger partial charge in [0.15, 0.2) is 0 Å². The largest absolute Gasteiger partial charge is 0.416 e. The highest BCUT2D eigenvalue weighted by atomic mass is 32.2. The standard InChI is InChI=1S/C22H22F3N3O4S/c1-33(31,32)28-9-8-16-14-17(4-7-19(16)28)21(30)27-12-10-26(11-13-27)20(29)15-2-5-18(6-3-15)22(23,24)25/h2-7,14H,8-13H2,1H3. The quantitative estimate of drug-likeness (QED) is 0.676. The molecule has 0 bridgehead atoms. The highest BCUT2D eigenvalue weighted by molar-refractivity contribution is 7.92. The average Bonchev–Trinajstić information content (AvgIpc) is 3.21. The zero-order chi connectivity index (χ0) is 24.0. The summed E-state index contributed by atoms with van der Waals surface area (Å²) in [5.41, 5.74) is 1.18. The molecule has 2 aromatic carbocycles. The van der Waals surface area contributed by atoms with Crippen molar-refractivity contribution in [3.05, 3.63) is 64.7 Å². The number of halogens is 3. The Labute approximate surface area is 189 Å². The molecule has 2 aliphatic rings. The van der Waals surface area contributed by atoms with Crippen LogP contribution in [-0.4, -0.2) is 69.0 Å². The minimum absolute atomic E-state index is 0.164. The number of hydrogen-bond donors (Lipinski definition) is 0. The summed E-state index contributed by atoms with van der Waals surface area (Å²) in [6.45, 7) is 1.45. The van der Waals surface area contributed by atoms with Crippen LogP contribution in [0.25, 0.3) is 0 Å². The van der Waals surface area contributed by atoms with Crippen LogP contribution in [0.2, 0.25) is 0 Å².